The molecule has 1 rings (SSSR count). The minimum Gasteiger partial charge on any atom is -0.205 e. The van der Waals surface area contributed by atoms with Gasteiger partial charge in [-0.15, -0.1) is 0 Å². The van der Waals surface area contributed by atoms with Gasteiger partial charge < -0.3 is 0 Å². The van der Waals surface area contributed by atoms with E-state index < -0.39 is 0 Å². The molecule has 1 aromatic heterocycles. The molecule has 0 amide bonds. The quantitative estimate of drug-likeness (QED) is 0.245. The van der Waals surface area contributed by atoms with Gasteiger partial charge in [-0.1, -0.05) is 72.1 Å². The predicted molar refractivity (Wildman–Crippen MR) is 106 cm³/mol. The molecule has 1 nitrogen and oxygen atoms in total. The van der Waals surface area contributed by atoms with Crippen LogP contribution in [0, 0.1) is 0 Å². The second-order valence-electron chi connectivity index (χ2n) is 7.42. The lowest BCUT2D eigenvalue weighted by Crippen LogP contribution is -2.33. The van der Waals surface area contributed by atoms with Crippen molar-refractivity contribution >= 4 is 0 Å². The highest BCUT2D eigenvalue weighted by molar-refractivity contribution is 5.21. The largest absolute Gasteiger partial charge is 0.205 e. The zero-order valence-electron chi connectivity index (χ0n) is 16.8. The van der Waals surface area contributed by atoms with Crippen LogP contribution in [0.3, 0.4) is 0 Å². The van der Waals surface area contributed by atoms with Gasteiger partial charge in [0.05, 0.1) is 0 Å². The summed E-state index contributed by atoms with van der Waals surface area (Å²) in [4.78, 5) is 0. The highest BCUT2D eigenvalue weighted by Crippen LogP contribution is 2.14. The van der Waals surface area contributed by atoms with Gasteiger partial charge in [-0.3, -0.25) is 0 Å². The van der Waals surface area contributed by atoms with Crippen LogP contribution in [0.1, 0.15) is 109 Å². The Morgan fingerprint density at radius 3 is 1.83 bits per heavy atom. The van der Waals surface area contributed by atoms with E-state index in [-0.39, 0.29) is 0 Å². The monoisotopic (exact) mass is 332 g/mol. The van der Waals surface area contributed by atoms with E-state index in [1.807, 2.05) is 0 Å². The first-order valence-corrected chi connectivity index (χ1v) is 10.8. The molecule has 1 aromatic rings. The lowest BCUT2D eigenvalue weighted by molar-refractivity contribution is -0.697. The Kier molecular flexibility index (Phi) is 12.8. The molecule has 0 saturated carbocycles. The Labute approximate surface area is 151 Å². The van der Waals surface area contributed by atoms with Gasteiger partial charge in [0.25, 0.3) is 0 Å². The summed E-state index contributed by atoms with van der Waals surface area (Å²) in [6.45, 7) is 8.08. The van der Waals surface area contributed by atoms with Crippen LogP contribution >= 0.6 is 0 Å². The maximum atomic E-state index is 2.46. The molecule has 0 N–H and O–H groups in total. The molecule has 0 saturated heterocycles. The Morgan fingerprint density at radius 1 is 0.625 bits per heavy atom. The number of nitrogens with zero attached hydrogens (tertiary/aromatic N) is 1. The highest BCUT2D eigenvalue weighted by atomic mass is 14.9. The van der Waals surface area contributed by atoms with Crippen LogP contribution in [0.25, 0.3) is 0 Å². The number of aromatic nitrogens is 1. The van der Waals surface area contributed by atoms with Crippen LogP contribution in [0.4, 0.5) is 0 Å². The Hall–Kier alpha value is -0.850. The van der Waals surface area contributed by atoms with E-state index >= 15 is 0 Å². The maximum Gasteiger partial charge on any atom is 0.172 e. The maximum absolute atomic E-state index is 2.46. The third-order valence-electron chi connectivity index (χ3n) is 5.07. The van der Waals surface area contributed by atoms with Crippen molar-refractivity contribution in [3.05, 3.63) is 29.6 Å². The molecule has 0 radical (unpaired) electrons. The first-order valence-electron chi connectivity index (χ1n) is 10.8. The van der Waals surface area contributed by atoms with Crippen molar-refractivity contribution in [3.8, 4) is 0 Å². The van der Waals surface area contributed by atoms with Crippen LogP contribution in [-0.2, 0) is 19.4 Å². The van der Waals surface area contributed by atoms with E-state index in [0.717, 1.165) is 0 Å². The summed E-state index contributed by atoms with van der Waals surface area (Å²) in [5.41, 5.74) is 3.23. The fourth-order valence-electron chi connectivity index (χ4n) is 3.43. The molecular weight excluding hydrogens is 290 g/mol. The number of hydrogen-bond donors (Lipinski definition) is 0. The molecule has 0 spiro atoms. The molecule has 0 bridgehead atoms. The second kappa shape index (κ2) is 14.5. The van der Waals surface area contributed by atoms with Crippen LogP contribution < -0.4 is 4.57 Å². The van der Waals surface area contributed by atoms with E-state index in [2.05, 4.69) is 43.8 Å². The molecule has 24 heavy (non-hydrogen) atoms. The second-order valence-corrected chi connectivity index (χ2v) is 7.42. The van der Waals surface area contributed by atoms with Crippen molar-refractivity contribution in [1.82, 2.24) is 0 Å². The summed E-state index contributed by atoms with van der Waals surface area (Å²) in [6, 6.07) is 2.41. The lowest BCUT2D eigenvalue weighted by Gasteiger charge is -2.09. The summed E-state index contributed by atoms with van der Waals surface area (Å²) in [5.74, 6) is 0. The number of aryl methyl sites for hydroxylation is 3. The Bertz CT molecular complexity index is 410. The summed E-state index contributed by atoms with van der Waals surface area (Å²) >= 11 is 0. The third kappa shape index (κ3) is 9.45. The molecule has 0 aliphatic carbocycles. The zero-order chi connectivity index (χ0) is 17.5. The van der Waals surface area contributed by atoms with E-state index in [1.165, 1.54) is 96.4 Å². The lowest BCUT2D eigenvalue weighted by atomic mass is 9.99. The SMILES string of the molecule is CCCCCCCC[n+]1ccc(CCCCC)c(CCCCC)c1. The first-order chi connectivity index (χ1) is 11.8. The highest BCUT2D eigenvalue weighted by Gasteiger charge is 2.09. The minimum absolute atomic E-state index is 1.20. The summed E-state index contributed by atoms with van der Waals surface area (Å²) < 4.78 is 2.45. The number of unbranched alkanes of at least 4 members (excludes halogenated alkanes) is 9. The van der Waals surface area contributed by atoms with Crippen LogP contribution in [-0.4, -0.2) is 0 Å². The van der Waals surface area contributed by atoms with Gasteiger partial charge >= 0.3 is 0 Å². The van der Waals surface area contributed by atoms with Crippen LogP contribution in [0.2, 0.25) is 0 Å². The van der Waals surface area contributed by atoms with Crippen LogP contribution in [0.5, 0.6) is 0 Å². The average Bonchev–Trinajstić information content (AvgIpc) is 2.60. The predicted octanol–water partition coefficient (Wildman–Crippen LogP) is 6.80. The Morgan fingerprint density at radius 2 is 1.17 bits per heavy atom. The summed E-state index contributed by atoms with van der Waals surface area (Å²) in [5, 5.41) is 0. The fourth-order valence-corrected chi connectivity index (χ4v) is 3.43. The number of rotatable bonds is 15. The smallest absolute Gasteiger partial charge is 0.172 e. The summed E-state index contributed by atoms with van der Waals surface area (Å²) in [7, 11) is 0. The van der Waals surface area contributed by atoms with Crippen molar-refractivity contribution in [1.29, 1.82) is 0 Å². The van der Waals surface area contributed by atoms with E-state index in [1.54, 1.807) is 11.1 Å². The van der Waals surface area contributed by atoms with E-state index in [4.69, 9.17) is 0 Å². The summed E-state index contributed by atoms with van der Waals surface area (Å²) in [6.07, 6.45) is 23.7. The molecule has 0 unspecified atom stereocenters. The van der Waals surface area contributed by atoms with Crippen molar-refractivity contribution in [2.75, 3.05) is 0 Å². The van der Waals surface area contributed by atoms with Gasteiger partial charge in [0.1, 0.15) is 6.54 Å². The van der Waals surface area contributed by atoms with Gasteiger partial charge in [-0.05, 0) is 37.7 Å². The molecule has 0 aliphatic heterocycles. The zero-order valence-corrected chi connectivity index (χ0v) is 16.8. The first kappa shape index (κ1) is 21.2. The van der Waals surface area contributed by atoms with E-state index in [0.29, 0.717) is 0 Å². The van der Waals surface area contributed by atoms with Gasteiger partial charge in [0.15, 0.2) is 12.4 Å². The van der Waals surface area contributed by atoms with Gasteiger partial charge in [0.2, 0.25) is 0 Å². The van der Waals surface area contributed by atoms with Crippen molar-refractivity contribution in [3.63, 3.8) is 0 Å². The number of hydrogen-bond acceptors (Lipinski definition) is 0. The standard InChI is InChI=1S/C23H42N/c1-4-7-10-11-12-15-19-24-20-18-22(16-13-8-5-2)23(21-24)17-14-9-6-3/h18,20-21H,4-17,19H2,1-3H3/q+1. The average molecular weight is 333 g/mol. The normalized spacial score (nSPS) is 11.1. The Balaban J connectivity index is 2.51. The van der Waals surface area contributed by atoms with Crippen LogP contribution in [0.15, 0.2) is 18.5 Å². The molecule has 0 aromatic carbocycles. The van der Waals surface area contributed by atoms with E-state index in [9.17, 15) is 0 Å². The van der Waals surface area contributed by atoms with Gasteiger partial charge in [-0.25, -0.2) is 4.57 Å². The van der Waals surface area contributed by atoms with Crippen molar-refractivity contribution in [2.24, 2.45) is 0 Å². The minimum atomic E-state index is 1.20. The topological polar surface area (TPSA) is 3.88 Å². The molecule has 0 atom stereocenters. The molecule has 1 heteroatoms. The molecule has 0 fully saturated rings. The molecule has 0 aliphatic rings. The van der Waals surface area contributed by atoms with Crippen molar-refractivity contribution in [2.45, 2.75) is 117 Å². The van der Waals surface area contributed by atoms with Gasteiger partial charge in [-0.2, -0.15) is 0 Å². The third-order valence-corrected chi connectivity index (χ3v) is 5.07. The molecule has 1 heterocycles. The fraction of sp³-hybridized carbons (Fsp3) is 0.783. The van der Waals surface area contributed by atoms with Gasteiger partial charge in [0, 0.05) is 18.1 Å². The van der Waals surface area contributed by atoms with Crippen molar-refractivity contribution < 1.29 is 4.57 Å². The number of pyridine rings is 1. The molecular formula is C23H42N+. The molecule has 138 valence electrons.